The molecule has 2 rings (SSSR count). The summed E-state index contributed by atoms with van der Waals surface area (Å²) in [7, 11) is 0. The molecule has 0 aliphatic heterocycles. The Balaban J connectivity index is 2.07. The average Bonchev–Trinajstić information content (AvgIpc) is 2.54. The number of carbonyl (C=O) groups excluding carboxylic acids is 1. The molecule has 2 aromatic rings. The van der Waals surface area contributed by atoms with E-state index < -0.39 is 0 Å². The van der Waals surface area contributed by atoms with Crippen molar-refractivity contribution in [3.63, 3.8) is 0 Å². The number of nitrogens with one attached hydrogen (secondary N) is 1. The fourth-order valence-corrected chi connectivity index (χ4v) is 2.24. The lowest BCUT2D eigenvalue weighted by atomic mass is 10.1. The van der Waals surface area contributed by atoms with Gasteiger partial charge < -0.3 is 10.2 Å². The van der Waals surface area contributed by atoms with Crippen LogP contribution in [0.25, 0.3) is 0 Å². The highest BCUT2D eigenvalue weighted by Crippen LogP contribution is 2.08. The minimum atomic E-state index is -0.0639. The molecule has 0 saturated heterocycles. The SMILES string of the molecule is CCN(CC)C(=O)c1ccnc(NCc2cccc(C)c2)n1. The van der Waals surface area contributed by atoms with E-state index in [0.717, 1.165) is 5.56 Å². The molecule has 0 bridgehead atoms. The van der Waals surface area contributed by atoms with Crippen LogP contribution in [0.3, 0.4) is 0 Å². The molecule has 1 amide bonds. The largest absolute Gasteiger partial charge is 0.350 e. The summed E-state index contributed by atoms with van der Waals surface area (Å²) in [5, 5.41) is 3.17. The van der Waals surface area contributed by atoms with Gasteiger partial charge in [0.2, 0.25) is 5.95 Å². The number of aryl methyl sites for hydroxylation is 1. The van der Waals surface area contributed by atoms with E-state index in [-0.39, 0.29) is 5.91 Å². The predicted molar refractivity (Wildman–Crippen MR) is 87.8 cm³/mol. The molecular formula is C17H22N4O. The normalized spacial score (nSPS) is 10.3. The van der Waals surface area contributed by atoms with Crippen LogP contribution in [-0.4, -0.2) is 33.9 Å². The van der Waals surface area contributed by atoms with Crippen LogP contribution in [0.5, 0.6) is 0 Å². The summed E-state index contributed by atoms with van der Waals surface area (Å²) in [6, 6.07) is 9.89. The van der Waals surface area contributed by atoms with Crippen molar-refractivity contribution in [2.75, 3.05) is 18.4 Å². The molecule has 5 nitrogen and oxygen atoms in total. The van der Waals surface area contributed by atoms with Crippen molar-refractivity contribution >= 4 is 11.9 Å². The van der Waals surface area contributed by atoms with Crippen LogP contribution in [0, 0.1) is 6.92 Å². The Kier molecular flexibility index (Phi) is 5.47. The fourth-order valence-electron chi connectivity index (χ4n) is 2.24. The maximum atomic E-state index is 12.3. The smallest absolute Gasteiger partial charge is 0.272 e. The van der Waals surface area contributed by atoms with Gasteiger partial charge in [0.15, 0.2) is 0 Å². The van der Waals surface area contributed by atoms with E-state index in [1.165, 1.54) is 5.56 Å². The van der Waals surface area contributed by atoms with Gasteiger partial charge in [-0.1, -0.05) is 29.8 Å². The zero-order valence-corrected chi connectivity index (χ0v) is 13.3. The van der Waals surface area contributed by atoms with E-state index in [1.807, 2.05) is 26.0 Å². The molecule has 0 aliphatic carbocycles. The Morgan fingerprint density at radius 1 is 1.23 bits per heavy atom. The molecule has 1 aromatic carbocycles. The number of anilines is 1. The lowest BCUT2D eigenvalue weighted by Crippen LogP contribution is -2.31. The van der Waals surface area contributed by atoms with Crippen LogP contribution in [0.2, 0.25) is 0 Å². The van der Waals surface area contributed by atoms with E-state index in [0.29, 0.717) is 31.3 Å². The van der Waals surface area contributed by atoms with E-state index in [4.69, 9.17) is 0 Å². The second-order valence-electron chi connectivity index (χ2n) is 5.09. The molecule has 0 atom stereocenters. The number of amides is 1. The maximum Gasteiger partial charge on any atom is 0.272 e. The monoisotopic (exact) mass is 298 g/mol. The number of hydrogen-bond donors (Lipinski definition) is 1. The van der Waals surface area contributed by atoms with Gasteiger partial charge in [-0.25, -0.2) is 9.97 Å². The Hall–Kier alpha value is -2.43. The van der Waals surface area contributed by atoms with Gasteiger partial charge in [-0.15, -0.1) is 0 Å². The quantitative estimate of drug-likeness (QED) is 0.891. The van der Waals surface area contributed by atoms with Crippen molar-refractivity contribution in [2.45, 2.75) is 27.3 Å². The van der Waals surface area contributed by atoms with Gasteiger partial charge in [-0.3, -0.25) is 4.79 Å². The molecule has 0 spiro atoms. The van der Waals surface area contributed by atoms with Crippen molar-refractivity contribution in [1.29, 1.82) is 0 Å². The minimum absolute atomic E-state index is 0.0639. The topological polar surface area (TPSA) is 58.1 Å². The molecule has 0 aliphatic rings. The van der Waals surface area contributed by atoms with Crippen molar-refractivity contribution in [2.24, 2.45) is 0 Å². The lowest BCUT2D eigenvalue weighted by Gasteiger charge is -2.18. The van der Waals surface area contributed by atoms with Gasteiger partial charge in [0.05, 0.1) is 0 Å². The van der Waals surface area contributed by atoms with Crippen LogP contribution in [0.1, 0.15) is 35.5 Å². The minimum Gasteiger partial charge on any atom is -0.350 e. The first-order valence-corrected chi connectivity index (χ1v) is 7.55. The first-order valence-electron chi connectivity index (χ1n) is 7.55. The van der Waals surface area contributed by atoms with Gasteiger partial charge in [0, 0.05) is 25.8 Å². The zero-order valence-electron chi connectivity index (χ0n) is 13.3. The van der Waals surface area contributed by atoms with Gasteiger partial charge >= 0.3 is 0 Å². The van der Waals surface area contributed by atoms with Crippen molar-refractivity contribution in [3.05, 3.63) is 53.3 Å². The summed E-state index contributed by atoms with van der Waals surface area (Å²) < 4.78 is 0. The Labute approximate surface area is 131 Å². The van der Waals surface area contributed by atoms with Crippen LogP contribution >= 0.6 is 0 Å². The molecular weight excluding hydrogens is 276 g/mol. The Bertz CT molecular complexity index is 638. The molecule has 1 aromatic heterocycles. The average molecular weight is 298 g/mol. The third kappa shape index (κ3) is 4.04. The molecule has 0 radical (unpaired) electrons. The summed E-state index contributed by atoms with van der Waals surface area (Å²) in [4.78, 5) is 22.5. The van der Waals surface area contributed by atoms with E-state index >= 15 is 0 Å². The standard InChI is InChI=1S/C17H22N4O/c1-4-21(5-2)16(22)15-9-10-18-17(20-15)19-12-14-8-6-7-13(3)11-14/h6-11H,4-5,12H2,1-3H3,(H,18,19,20). The number of rotatable bonds is 6. The molecule has 1 N–H and O–H groups in total. The second-order valence-corrected chi connectivity index (χ2v) is 5.09. The second kappa shape index (κ2) is 7.54. The van der Waals surface area contributed by atoms with Crippen LogP contribution in [0.4, 0.5) is 5.95 Å². The summed E-state index contributed by atoms with van der Waals surface area (Å²) in [6.45, 7) is 7.95. The Morgan fingerprint density at radius 3 is 2.68 bits per heavy atom. The van der Waals surface area contributed by atoms with E-state index in [2.05, 4.69) is 34.3 Å². The van der Waals surface area contributed by atoms with Crippen molar-refractivity contribution in [1.82, 2.24) is 14.9 Å². The zero-order chi connectivity index (χ0) is 15.9. The maximum absolute atomic E-state index is 12.3. The molecule has 116 valence electrons. The predicted octanol–water partition coefficient (Wildman–Crippen LogP) is 2.88. The van der Waals surface area contributed by atoms with Gasteiger partial charge in [0.25, 0.3) is 5.91 Å². The lowest BCUT2D eigenvalue weighted by molar-refractivity contribution is 0.0767. The first-order chi connectivity index (χ1) is 10.6. The van der Waals surface area contributed by atoms with Crippen LogP contribution in [0.15, 0.2) is 36.5 Å². The van der Waals surface area contributed by atoms with E-state index in [9.17, 15) is 4.79 Å². The third-order valence-corrected chi connectivity index (χ3v) is 3.46. The third-order valence-electron chi connectivity index (χ3n) is 3.46. The highest BCUT2D eigenvalue weighted by molar-refractivity contribution is 5.92. The molecule has 5 heteroatoms. The van der Waals surface area contributed by atoms with Gasteiger partial charge in [0.1, 0.15) is 5.69 Å². The number of carbonyl (C=O) groups is 1. The number of nitrogens with zero attached hydrogens (tertiary/aromatic N) is 3. The summed E-state index contributed by atoms with van der Waals surface area (Å²) in [6.07, 6.45) is 1.61. The van der Waals surface area contributed by atoms with Crippen molar-refractivity contribution < 1.29 is 4.79 Å². The van der Waals surface area contributed by atoms with Crippen LogP contribution < -0.4 is 5.32 Å². The highest BCUT2D eigenvalue weighted by atomic mass is 16.2. The molecule has 0 unspecified atom stereocenters. The molecule has 22 heavy (non-hydrogen) atoms. The Morgan fingerprint density at radius 2 is 2.00 bits per heavy atom. The first kappa shape index (κ1) is 15.9. The number of hydrogen-bond acceptors (Lipinski definition) is 4. The summed E-state index contributed by atoms with van der Waals surface area (Å²) in [5.41, 5.74) is 2.79. The van der Waals surface area contributed by atoms with Crippen LogP contribution in [-0.2, 0) is 6.54 Å². The molecule has 0 fully saturated rings. The van der Waals surface area contributed by atoms with Crippen molar-refractivity contribution in [3.8, 4) is 0 Å². The summed E-state index contributed by atoms with van der Waals surface area (Å²) >= 11 is 0. The van der Waals surface area contributed by atoms with E-state index in [1.54, 1.807) is 17.2 Å². The fraction of sp³-hybridized carbons (Fsp3) is 0.353. The molecule has 1 heterocycles. The number of aromatic nitrogens is 2. The summed E-state index contributed by atoms with van der Waals surface area (Å²) in [5.74, 6) is 0.408. The number of benzene rings is 1. The van der Waals surface area contributed by atoms with Gasteiger partial charge in [-0.05, 0) is 32.4 Å². The highest BCUT2D eigenvalue weighted by Gasteiger charge is 2.14. The molecule has 0 saturated carbocycles. The van der Waals surface area contributed by atoms with Gasteiger partial charge in [-0.2, -0.15) is 0 Å².